The van der Waals surface area contributed by atoms with E-state index in [-0.39, 0.29) is 25.6 Å². The Balaban J connectivity index is 1.86. The van der Waals surface area contributed by atoms with E-state index in [1.807, 2.05) is 30.3 Å². The van der Waals surface area contributed by atoms with Gasteiger partial charge in [-0.1, -0.05) is 30.3 Å². The maximum atomic E-state index is 11.8. The third kappa shape index (κ3) is 4.35. The molecule has 0 radical (unpaired) electrons. The Morgan fingerprint density at radius 3 is 2.52 bits per heavy atom. The molecule has 1 fully saturated rings. The molecular formula is C15H18N2O6. The number of hydrogen-bond acceptors (Lipinski definition) is 5. The number of esters is 1. The van der Waals surface area contributed by atoms with Gasteiger partial charge in [-0.2, -0.15) is 0 Å². The highest BCUT2D eigenvalue weighted by molar-refractivity contribution is 5.82. The predicted octanol–water partition coefficient (Wildman–Crippen LogP) is 1.06. The summed E-state index contributed by atoms with van der Waals surface area (Å²) in [4.78, 5) is 35.5. The fourth-order valence-corrected chi connectivity index (χ4v) is 2.27. The van der Waals surface area contributed by atoms with Crippen LogP contribution in [0, 0.1) is 5.92 Å². The molecule has 0 bridgehead atoms. The molecule has 2 amide bonds. The van der Waals surface area contributed by atoms with Crippen molar-refractivity contribution in [1.29, 1.82) is 0 Å². The molecule has 1 heterocycles. The zero-order valence-electron chi connectivity index (χ0n) is 12.6. The Kier molecular flexibility index (Phi) is 5.40. The number of ether oxygens (including phenoxy) is 2. The van der Waals surface area contributed by atoms with Crippen LogP contribution in [0.5, 0.6) is 0 Å². The third-order valence-electron chi connectivity index (χ3n) is 3.59. The standard InChI is InChI=1S/C15H18N2O6/c1-22-13(18)12(11-7-17(8-11)15(20)21)16-14(19)23-9-10-5-3-2-4-6-10/h2-6,11-12H,7-9H2,1H3,(H,16,19)(H,20,21)/t12-/m0/s1. The number of hydrogen-bond donors (Lipinski definition) is 2. The number of alkyl carbamates (subject to hydrolysis) is 1. The lowest BCUT2D eigenvalue weighted by molar-refractivity contribution is -0.146. The molecule has 1 aromatic carbocycles. The molecule has 124 valence electrons. The average Bonchev–Trinajstić information content (AvgIpc) is 2.50. The van der Waals surface area contributed by atoms with Crippen molar-refractivity contribution in [3.8, 4) is 0 Å². The number of carboxylic acid groups (broad SMARTS) is 1. The number of methoxy groups -OCH3 is 1. The van der Waals surface area contributed by atoms with Crippen LogP contribution in [0.2, 0.25) is 0 Å². The minimum Gasteiger partial charge on any atom is -0.467 e. The highest BCUT2D eigenvalue weighted by Crippen LogP contribution is 2.20. The monoisotopic (exact) mass is 322 g/mol. The van der Waals surface area contributed by atoms with Gasteiger partial charge in [-0.25, -0.2) is 14.4 Å². The summed E-state index contributed by atoms with van der Waals surface area (Å²) in [6, 6.07) is 8.18. The normalized spacial score (nSPS) is 15.3. The van der Waals surface area contributed by atoms with Gasteiger partial charge in [0.05, 0.1) is 7.11 Å². The maximum absolute atomic E-state index is 11.8. The first-order valence-corrected chi connectivity index (χ1v) is 7.04. The molecule has 0 spiro atoms. The zero-order valence-corrected chi connectivity index (χ0v) is 12.6. The fourth-order valence-electron chi connectivity index (χ4n) is 2.27. The van der Waals surface area contributed by atoms with Gasteiger partial charge in [-0.15, -0.1) is 0 Å². The summed E-state index contributed by atoms with van der Waals surface area (Å²) in [7, 11) is 1.21. The minimum absolute atomic E-state index is 0.0759. The summed E-state index contributed by atoms with van der Waals surface area (Å²) >= 11 is 0. The number of nitrogens with one attached hydrogen (secondary N) is 1. The molecular weight excluding hydrogens is 304 g/mol. The largest absolute Gasteiger partial charge is 0.467 e. The Morgan fingerprint density at radius 2 is 1.96 bits per heavy atom. The summed E-state index contributed by atoms with van der Waals surface area (Å²) in [5.41, 5.74) is 0.818. The lowest BCUT2D eigenvalue weighted by Crippen LogP contribution is -2.60. The van der Waals surface area contributed by atoms with Crippen LogP contribution < -0.4 is 5.32 Å². The van der Waals surface area contributed by atoms with E-state index in [2.05, 4.69) is 10.1 Å². The summed E-state index contributed by atoms with van der Waals surface area (Å²) in [5, 5.41) is 11.3. The highest BCUT2D eigenvalue weighted by Gasteiger charge is 2.41. The van der Waals surface area contributed by atoms with Crippen molar-refractivity contribution in [2.24, 2.45) is 5.92 Å². The first-order chi connectivity index (χ1) is 11.0. The second-order valence-electron chi connectivity index (χ2n) is 5.15. The number of carbonyl (C=O) groups excluding carboxylic acids is 2. The first kappa shape index (κ1) is 16.6. The van der Waals surface area contributed by atoms with Crippen LogP contribution in [0.3, 0.4) is 0 Å². The van der Waals surface area contributed by atoms with Gasteiger partial charge >= 0.3 is 18.2 Å². The lowest BCUT2D eigenvalue weighted by atomic mass is 9.92. The van der Waals surface area contributed by atoms with Gasteiger partial charge in [0.15, 0.2) is 0 Å². The highest BCUT2D eigenvalue weighted by atomic mass is 16.6. The van der Waals surface area contributed by atoms with Crippen molar-refractivity contribution in [3.05, 3.63) is 35.9 Å². The summed E-state index contributed by atoms with van der Waals surface area (Å²) in [6.45, 7) is 0.397. The van der Waals surface area contributed by atoms with Crippen LogP contribution in [-0.2, 0) is 20.9 Å². The zero-order chi connectivity index (χ0) is 16.8. The van der Waals surface area contributed by atoms with E-state index in [0.717, 1.165) is 10.5 Å². The van der Waals surface area contributed by atoms with E-state index in [1.165, 1.54) is 7.11 Å². The van der Waals surface area contributed by atoms with Crippen LogP contribution in [0.4, 0.5) is 9.59 Å². The molecule has 1 aromatic rings. The van der Waals surface area contributed by atoms with Crippen LogP contribution in [0.25, 0.3) is 0 Å². The number of rotatable bonds is 5. The van der Waals surface area contributed by atoms with E-state index >= 15 is 0 Å². The van der Waals surface area contributed by atoms with Crippen molar-refractivity contribution in [1.82, 2.24) is 10.2 Å². The van der Waals surface area contributed by atoms with Crippen molar-refractivity contribution in [2.75, 3.05) is 20.2 Å². The predicted molar refractivity (Wildman–Crippen MR) is 78.7 cm³/mol. The fraction of sp³-hybridized carbons (Fsp3) is 0.400. The molecule has 1 aliphatic heterocycles. The van der Waals surface area contributed by atoms with Crippen molar-refractivity contribution < 1.29 is 29.0 Å². The van der Waals surface area contributed by atoms with Gasteiger partial charge in [0, 0.05) is 19.0 Å². The van der Waals surface area contributed by atoms with Crippen LogP contribution in [0.1, 0.15) is 5.56 Å². The molecule has 1 atom stereocenters. The Labute approximate surface area is 133 Å². The second kappa shape index (κ2) is 7.48. The molecule has 8 heteroatoms. The van der Waals surface area contributed by atoms with Gasteiger partial charge in [0.2, 0.25) is 0 Å². The third-order valence-corrected chi connectivity index (χ3v) is 3.59. The van der Waals surface area contributed by atoms with E-state index in [1.54, 1.807) is 0 Å². The second-order valence-corrected chi connectivity index (χ2v) is 5.15. The van der Waals surface area contributed by atoms with Gasteiger partial charge in [-0.05, 0) is 5.56 Å². The molecule has 23 heavy (non-hydrogen) atoms. The Hall–Kier alpha value is -2.77. The molecule has 0 aliphatic carbocycles. The van der Waals surface area contributed by atoms with Crippen LogP contribution >= 0.6 is 0 Å². The molecule has 2 rings (SSSR count). The van der Waals surface area contributed by atoms with E-state index in [9.17, 15) is 14.4 Å². The summed E-state index contributed by atoms with van der Waals surface area (Å²) in [6.07, 6.45) is -1.81. The number of benzene rings is 1. The van der Waals surface area contributed by atoms with Gasteiger partial charge in [0.25, 0.3) is 0 Å². The topological polar surface area (TPSA) is 105 Å². The van der Waals surface area contributed by atoms with Gasteiger partial charge in [0.1, 0.15) is 12.6 Å². The molecule has 0 unspecified atom stereocenters. The Morgan fingerprint density at radius 1 is 1.30 bits per heavy atom. The quantitative estimate of drug-likeness (QED) is 0.786. The SMILES string of the molecule is COC(=O)[C@@H](NC(=O)OCc1ccccc1)C1CN(C(=O)O)C1. The number of carbonyl (C=O) groups is 3. The minimum atomic E-state index is -1.06. The molecule has 1 aliphatic rings. The van der Waals surface area contributed by atoms with Crippen molar-refractivity contribution in [3.63, 3.8) is 0 Å². The number of nitrogens with zero attached hydrogens (tertiary/aromatic N) is 1. The first-order valence-electron chi connectivity index (χ1n) is 7.04. The number of likely N-dealkylation sites (tertiary alicyclic amines) is 1. The summed E-state index contributed by atoms with van der Waals surface area (Å²) in [5.74, 6) is -0.959. The van der Waals surface area contributed by atoms with Gasteiger partial charge in [-0.3, -0.25) is 0 Å². The van der Waals surface area contributed by atoms with Gasteiger partial charge < -0.3 is 24.8 Å². The molecule has 8 nitrogen and oxygen atoms in total. The van der Waals surface area contributed by atoms with E-state index in [0.29, 0.717) is 0 Å². The average molecular weight is 322 g/mol. The molecule has 0 saturated carbocycles. The maximum Gasteiger partial charge on any atom is 0.408 e. The molecule has 2 N–H and O–H groups in total. The van der Waals surface area contributed by atoms with E-state index < -0.39 is 24.2 Å². The summed E-state index contributed by atoms with van der Waals surface area (Å²) < 4.78 is 9.71. The Bertz CT molecular complexity index is 571. The van der Waals surface area contributed by atoms with Crippen LogP contribution in [-0.4, -0.2) is 54.4 Å². The van der Waals surface area contributed by atoms with Crippen molar-refractivity contribution >= 4 is 18.2 Å². The smallest absolute Gasteiger partial charge is 0.408 e. The van der Waals surface area contributed by atoms with E-state index in [4.69, 9.17) is 9.84 Å². The van der Waals surface area contributed by atoms with Crippen molar-refractivity contribution in [2.45, 2.75) is 12.6 Å². The molecule has 1 saturated heterocycles. The number of amides is 2. The molecule has 0 aromatic heterocycles. The van der Waals surface area contributed by atoms with Crippen LogP contribution in [0.15, 0.2) is 30.3 Å². The lowest BCUT2D eigenvalue weighted by Gasteiger charge is -2.40.